The summed E-state index contributed by atoms with van der Waals surface area (Å²) in [5.74, 6) is 0. The minimum atomic E-state index is -4.37. The van der Waals surface area contributed by atoms with E-state index in [0.29, 0.717) is 18.3 Å². The number of halogens is 3. The van der Waals surface area contributed by atoms with E-state index in [1.807, 2.05) is 0 Å². The van der Waals surface area contributed by atoms with E-state index in [-0.39, 0.29) is 6.04 Å². The molecule has 1 aliphatic rings. The van der Waals surface area contributed by atoms with E-state index in [9.17, 15) is 18.0 Å². The number of carbonyl (C=O) groups is 1. The smallest absolute Gasteiger partial charge is 0.334 e. The Bertz CT molecular complexity index is 479. The lowest BCUT2D eigenvalue weighted by Gasteiger charge is -2.28. The molecule has 0 bridgehead atoms. The van der Waals surface area contributed by atoms with Crippen molar-refractivity contribution in [2.75, 3.05) is 11.9 Å². The van der Waals surface area contributed by atoms with Gasteiger partial charge in [-0.25, -0.2) is 4.79 Å². The fourth-order valence-electron chi connectivity index (χ4n) is 2.22. The first-order valence-corrected chi connectivity index (χ1v) is 6.83. The van der Waals surface area contributed by atoms with Crippen molar-refractivity contribution in [3.05, 3.63) is 29.8 Å². The van der Waals surface area contributed by atoms with E-state index < -0.39 is 17.8 Å². The van der Waals surface area contributed by atoms with E-state index in [2.05, 4.69) is 22.9 Å². The molecular formula is C14H18F3N3O. The van der Waals surface area contributed by atoms with Gasteiger partial charge in [0.2, 0.25) is 0 Å². The summed E-state index contributed by atoms with van der Waals surface area (Å²) in [5.41, 5.74) is -0.406. The van der Waals surface area contributed by atoms with Gasteiger partial charge in [0.25, 0.3) is 0 Å². The highest BCUT2D eigenvalue weighted by Gasteiger charge is 2.30. The van der Waals surface area contributed by atoms with Crippen LogP contribution in [0.4, 0.5) is 23.7 Å². The minimum absolute atomic E-state index is 0.0376. The number of carbonyl (C=O) groups excluding carboxylic acids is 1. The first kappa shape index (κ1) is 15.6. The molecule has 21 heavy (non-hydrogen) atoms. The highest BCUT2D eigenvalue weighted by molar-refractivity contribution is 5.89. The van der Waals surface area contributed by atoms with Crippen LogP contribution in [0.15, 0.2) is 24.3 Å². The maximum Gasteiger partial charge on any atom is 0.416 e. The highest BCUT2D eigenvalue weighted by Crippen LogP contribution is 2.29. The molecule has 0 radical (unpaired) electrons. The zero-order valence-electron chi connectivity index (χ0n) is 11.6. The van der Waals surface area contributed by atoms with E-state index in [0.717, 1.165) is 25.0 Å². The number of rotatable bonds is 2. The molecular weight excluding hydrogens is 283 g/mol. The number of piperidine rings is 1. The molecule has 2 atom stereocenters. The summed E-state index contributed by atoms with van der Waals surface area (Å²) in [6.45, 7) is 2.78. The third-order valence-electron chi connectivity index (χ3n) is 3.47. The lowest BCUT2D eigenvalue weighted by Crippen LogP contribution is -2.49. The lowest BCUT2D eigenvalue weighted by molar-refractivity contribution is -0.137. The molecule has 4 nitrogen and oxygen atoms in total. The Hall–Kier alpha value is -1.76. The second-order valence-corrected chi connectivity index (χ2v) is 5.26. The molecule has 2 unspecified atom stereocenters. The van der Waals surface area contributed by atoms with Gasteiger partial charge in [0.1, 0.15) is 0 Å². The average molecular weight is 301 g/mol. The van der Waals surface area contributed by atoms with E-state index in [1.165, 1.54) is 12.1 Å². The van der Waals surface area contributed by atoms with Gasteiger partial charge >= 0.3 is 12.2 Å². The molecule has 2 rings (SSSR count). The number of benzene rings is 1. The summed E-state index contributed by atoms with van der Waals surface area (Å²) in [6, 6.07) is 4.44. The van der Waals surface area contributed by atoms with Crippen molar-refractivity contribution in [2.24, 2.45) is 0 Å². The van der Waals surface area contributed by atoms with Crippen molar-refractivity contribution < 1.29 is 18.0 Å². The topological polar surface area (TPSA) is 53.2 Å². The van der Waals surface area contributed by atoms with Crippen LogP contribution in [-0.2, 0) is 6.18 Å². The summed E-state index contributed by atoms with van der Waals surface area (Å²) < 4.78 is 37.2. The first-order chi connectivity index (χ1) is 9.84. The van der Waals surface area contributed by atoms with Gasteiger partial charge in [0.15, 0.2) is 0 Å². The molecule has 1 heterocycles. The van der Waals surface area contributed by atoms with Gasteiger partial charge in [-0.2, -0.15) is 13.2 Å². The Labute approximate surface area is 121 Å². The van der Waals surface area contributed by atoms with Gasteiger partial charge in [0, 0.05) is 24.3 Å². The number of anilines is 1. The quantitative estimate of drug-likeness (QED) is 0.786. The minimum Gasteiger partial charge on any atom is -0.334 e. The predicted octanol–water partition coefficient (Wildman–Crippen LogP) is 2.97. The van der Waals surface area contributed by atoms with Crippen LogP contribution in [0.2, 0.25) is 0 Å². The second-order valence-electron chi connectivity index (χ2n) is 5.26. The third-order valence-corrected chi connectivity index (χ3v) is 3.47. The van der Waals surface area contributed by atoms with Gasteiger partial charge in [-0.15, -0.1) is 0 Å². The van der Waals surface area contributed by atoms with Crippen molar-refractivity contribution >= 4 is 11.7 Å². The summed E-state index contributed by atoms with van der Waals surface area (Å²) in [4.78, 5) is 11.8. The van der Waals surface area contributed by atoms with Gasteiger partial charge in [-0.3, -0.25) is 0 Å². The molecule has 1 saturated heterocycles. The molecule has 0 aliphatic carbocycles. The van der Waals surface area contributed by atoms with Crippen molar-refractivity contribution in [3.8, 4) is 0 Å². The molecule has 2 amide bonds. The van der Waals surface area contributed by atoms with Gasteiger partial charge in [0.05, 0.1) is 5.56 Å². The molecule has 7 heteroatoms. The molecule has 1 fully saturated rings. The zero-order valence-corrected chi connectivity index (χ0v) is 11.6. The van der Waals surface area contributed by atoms with Crippen molar-refractivity contribution in [3.63, 3.8) is 0 Å². The summed E-state index contributed by atoms with van der Waals surface area (Å²) in [7, 11) is 0. The number of alkyl halides is 3. The van der Waals surface area contributed by atoms with E-state index >= 15 is 0 Å². The number of amides is 2. The van der Waals surface area contributed by atoms with Crippen molar-refractivity contribution in [1.82, 2.24) is 10.6 Å². The van der Waals surface area contributed by atoms with E-state index in [1.54, 1.807) is 0 Å². The summed E-state index contributed by atoms with van der Waals surface area (Å²) in [6.07, 6.45) is -2.51. The van der Waals surface area contributed by atoms with Crippen LogP contribution >= 0.6 is 0 Å². The maximum absolute atomic E-state index is 12.4. The molecule has 1 aliphatic heterocycles. The Balaban J connectivity index is 1.85. The SMILES string of the molecule is CC1CCC(NC(=O)Nc2ccc(C(F)(F)F)cc2)CN1. The summed E-state index contributed by atoms with van der Waals surface area (Å²) >= 11 is 0. The Morgan fingerprint density at radius 1 is 1.24 bits per heavy atom. The third kappa shape index (κ3) is 4.63. The van der Waals surface area contributed by atoms with Crippen LogP contribution in [0.1, 0.15) is 25.3 Å². The van der Waals surface area contributed by atoms with Crippen LogP contribution in [0.5, 0.6) is 0 Å². The number of hydrogen-bond acceptors (Lipinski definition) is 2. The normalized spacial score (nSPS) is 22.7. The Morgan fingerprint density at radius 2 is 1.90 bits per heavy atom. The van der Waals surface area contributed by atoms with Gasteiger partial charge in [-0.1, -0.05) is 0 Å². The second kappa shape index (κ2) is 6.34. The number of urea groups is 1. The standard InChI is InChI=1S/C14H18F3N3O/c1-9-2-5-12(8-18-9)20-13(21)19-11-6-3-10(4-7-11)14(15,16)17/h3-4,6-7,9,12,18H,2,5,8H2,1H3,(H2,19,20,21). The molecule has 0 saturated carbocycles. The molecule has 3 N–H and O–H groups in total. The number of hydrogen-bond donors (Lipinski definition) is 3. The molecule has 1 aromatic rings. The summed E-state index contributed by atoms with van der Waals surface area (Å²) in [5, 5.41) is 8.59. The van der Waals surface area contributed by atoms with Crippen LogP contribution < -0.4 is 16.0 Å². The van der Waals surface area contributed by atoms with Gasteiger partial charge < -0.3 is 16.0 Å². The monoisotopic (exact) mass is 301 g/mol. The predicted molar refractivity (Wildman–Crippen MR) is 74.1 cm³/mol. The molecule has 1 aromatic carbocycles. The van der Waals surface area contributed by atoms with Crippen LogP contribution in [0, 0.1) is 0 Å². The average Bonchev–Trinajstić information content (AvgIpc) is 2.41. The van der Waals surface area contributed by atoms with Crippen molar-refractivity contribution in [2.45, 2.75) is 38.0 Å². The fraction of sp³-hybridized carbons (Fsp3) is 0.500. The Morgan fingerprint density at radius 3 is 2.43 bits per heavy atom. The van der Waals surface area contributed by atoms with Gasteiger partial charge in [-0.05, 0) is 44.0 Å². The highest BCUT2D eigenvalue weighted by atomic mass is 19.4. The molecule has 0 aromatic heterocycles. The zero-order chi connectivity index (χ0) is 15.5. The fourth-order valence-corrected chi connectivity index (χ4v) is 2.22. The van der Waals surface area contributed by atoms with E-state index in [4.69, 9.17) is 0 Å². The largest absolute Gasteiger partial charge is 0.416 e. The van der Waals surface area contributed by atoms with Crippen molar-refractivity contribution in [1.29, 1.82) is 0 Å². The Kier molecular flexibility index (Phi) is 4.72. The number of nitrogens with one attached hydrogen (secondary N) is 3. The van der Waals surface area contributed by atoms with Crippen LogP contribution in [-0.4, -0.2) is 24.7 Å². The van der Waals surface area contributed by atoms with Crippen LogP contribution in [0.3, 0.4) is 0 Å². The molecule has 0 spiro atoms. The maximum atomic E-state index is 12.4. The lowest BCUT2D eigenvalue weighted by atomic mass is 10.0. The first-order valence-electron chi connectivity index (χ1n) is 6.83. The molecule has 116 valence electrons. The van der Waals surface area contributed by atoms with Crippen LogP contribution in [0.25, 0.3) is 0 Å².